The Morgan fingerprint density at radius 1 is 1.05 bits per heavy atom. The van der Waals surface area contributed by atoms with Crippen molar-refractivity contribution in [1.82, 2.24) is 14.7 Å². The molecule has 0 spiro atoms. The molecular formula is C14H21N3O2. The minimum atomic E-state index is -0.412. The lowest BCUT2D eigenvalue weighted by molar-refractivity contribution is -0.126. The topological polar surface area (TPSA) is 55.2 Å². The average molecular weight is 263 g/mol. The van der Waals surface area contributed by atoms with Crippen molar-refractivity contribution in [2.45, 2.75) is 39.5 Å². The Balaban J connectivity index is 2.20. The van der Waals surface area contributed by atoms with Crippen LogP contribution in [0.3, 0.4) is 0 Å². The minimum absolute atomic E-state index is 0.374. The Labute approximate surface area is 113 Å². The first-order chi connectivity index (χ1) is 9.02. The maximum absolute atomic E-state index is 12.4. The lowest BCUT2D eigenvalue weighted by Gasteiger charge is -2.19. The number of hydrogen-bond acceptors (Lipinski definition) is 3. The molecule has 5 nitrogen and oxygen atoms in total. The van der Waals surface area contributed by atoms with Gasteiger partial charge in [0, 0.05) is 25.8 Å². The molecule has 0 radical (unpaired) electrons. The molecule has 1 aromatic heterocycles. The summed E-state index contributed by atoms with van der Waals surface area (Å²) in [7, 11) is 1.79. The van der Waals surface area contributed by atoms with Gasteiger partial charge >= 0.3 is 0 Å². The van der Waals surface area contributed by atoms with Gasteiger partial charge in [-0.2, -0.15) is 5.10 Å². The molecule has 1 aliphatic rings. The van der Waals surface area contributed by atoms with E-state index in [9.17, 15) is 9.59 Å². The average Bonchev–Trinajstić information content (AvgIpc) is 2.62. The Morgan fingerprint density at radius 3 is 2.11 bits per heavy atom. The number of rotatable bonds is 2. The summed E-state index contributed by atoms with van der Waals surface area (Å²) in [5.74, 6) is -0.786. The van der Waals surface area contributed by atoms with Gasteiger partial charge in [0.15, 0.2) is 0 Å². The van der Waals surface area contributed by atoms with Gasteiger partial charge in [-0.25, -0.2) is 0 Å². The Morgan fingerprint density at radius 2 is 1.63 bits per heavy atom. The maximum Gasteiger partial charge on any atom is 0.295 e. The van der Waals surface area contributed by atoms with E-state index in [1.165, 1.54) is 0 Å². The van der Waals surface area contributed by atoms with Crippen LogP contribution < -0.4 is 0 Å². The molecular weight excluding hydrogens is 242 g/mol. The molecule has 1 aliphatic heterocycles. The SMILES string of the molecule is Cc1nn(C)c(C)c1C(=O)C(=O)N1CCCCCC1. The van der Waals surface area contributed by atoms with Crippen molar-refractivity contribution in [3.8, 4) is 0 Å². The summed E-state index contributed by atoms with van der Waals surface area (Å²) in [5, 5.41) is 4.20. The van der Waals surface area contributed by atoms with Crippen molar-refractivity contribution in [2.75, 3.05) is 13.1 Å². The third kappa shape index (κ3) is 2.69. The van der Waals surface area contributed by atoms with Gasteiger partial charge < -0.3 is 4.90 Å². The molecule has 0 aliphatic carbocycles. The molecule has 0 saturated carbocycles. The summed E-state index contributed by atoms with van der Waals surface area (Å²) in [4.78, 5) is 26.4. The van der Waals surface area contributed by atoms with Gasteiger partial charge in [-0.1, -0.05) is 12.8 Å². The molecule has 1 aromatic rings. The first-order valence-electron chi connectivity index (χ1n) is 6.86. The molecule has 0 bridgehead atoms. The van der Waals surface area contributed by atoms with Crippen molar-refractivity contribution >= 4 is 11.7 Å². The van der Waals surface area contributed by atoms with Crippen LogP contribution in [-0.2, 0) is 11.8 Å². The van der Waals surface area contributed by atoms with Crippen LogP contribution in [0.15, 0.2) is 0 Å². The fourth-order valence-electron chi connectivity index (χ4n) is 2.63. The van der Waals surface area contributed by atoms with Crippen LogP contribution in [0.5, 0.6) is 0 Å². The van der Waals surface area contributed by atoms with Crippen molar-refractivity contribution in [1.29, 1.82) is 0 Å². The number of Topliss-reactive ketones (excluding diaryl/α,β-unsaturated/α-hetero) is 1. The summed E-state index contributed by atoms with van der Waals surface area (Å²) in [6.07, 6.45) is 4.26. The van der Waals surface area contributed by atoms with E-state index in [1.54, 1.807) is 23.6 Å². The number of nitrogens with zero attached hydrogens (tertiary/aromatic N) is 3. The van der Waals surface area contributed by atoms with E-state index in [0.29, 0.717) is 24.3 Å². The zero-order valence-corrected chi connectivity index (χ0v) is 11.9. The van der Waals surface area contributed by atoms with E-state index in [4.69, 9.17) is 0 Å². The number of aromatic nitrogens is 2. The number of aryl methyl sites for hydroxylation is 2. The van der Waals surface area contributed by atoms with E-state index in [-0.39, 0.29) is 5.91 Å². The van der Waals surface area contributed by atoms with Gasteiger partial charge in [0.25, 0.3) is 11.7 Å². The zero-order valence-electron chi connectivity index (χ0n) is 11.9. The first-order valence-corrected chi connectivity index (χ1v) is 6.86. The van der Waals surface area contributed by atoms with Crippen LogP contribution in [0.1, 0.15) is 47.4 Å². The van der Waals surface area contributed by atoms with Crippen molar-refractivity contribution < 1.29 is 9.59 Å². The van der Waals surface area contributed by atoms with Crippen LogP contribution in [0.2, 0.25) is 0 Å². The lowest BCUT2D eigenvalue weighted by Crippen LogP contribution is -2.37. The van der Waals surface area contributed by atoms with Gasteiger partial charge in [-0.3, -0.25) is 14.3 Å². The number of ketones is 1. The minimum Gasteiger partial charge on any atom is -0.336 e. The molecule has 1 amide bonds. The molecule has 104 valence electrons. The van der Waals surface area contributed by atoms with Crippen LogP contribution in [0.25, 0.3) is 0 Å². The highest BCUT2D eigenvalue weighted by Gasteiger charge is 2.28. The summed E-state index contributed by atoms with van der Waals surface area (Å²) in [5.41, 5.74) is 1.86. The normalized spacial score (nSPS) is 16.3. The van der Waals surface area contributed by atoms with Crippen molar-refractivity contribution in [3.63, 3.8) is 0 Å². The van der Waals surface area contributed by atoms with Gasteiger partial charge in [0.1, 0.15) is 0 Å². The predicted molar refractivity (Wildman–Crippen MR) is 72.1 cm³/mol. The second-order valence-electron chi connectivity index (χ2n) is 5.20. The van der Waals surface area contributed by atoms with Crippen LogP contribution >= 0.6 is 0 Å². The molecule has 1 fully saturated rings. The van der Waals surface area contributed by atoms with Gasteiger partial charge in [-0.05, 0) is 26.7 Å². The summed E-state index contributed by atoms with van der Waals surface area (Å²) in [6.45, 7) is 4.99. The largest absolute Gasteiger partial charge is 0.336 e. The molecule has 0 unspecified atom stereocenters. The Kier molecular flexibility index (Phi) is 4.02. The summed E-state index contributed by atoms with van der Waals surface area (Å²) < 4.78 is 1.65. The highest BCUT2D eigenvalue weighted by molar-refractivity contribution is 6.43. The smallest absolute Gasteiger partial charge is 0.295 e. The molecule has 5 heteroatoms. The third-order valence-corrected chi connectivity index (χ3v) is 3.82. The molecule has 0 atom stereocenters. The summed E-state index contributed by atoms with van der Waals surface area (Å²) in [6, 6.07) is 0. The first kappa shape index (κ1) is 13.8. The number of carbonyl (C=O) groups is 2. The van der Waals surface area contributed by atoms with E-state index in [1.807, 2.05) is 6.92 Å². The van der Waals surface area contributed by atoms with Gasteiger partial charge in [0.2, 0.25) is 0 Å². The van der Waals surface area contributed by atoms with Crippen LogP contribution in [0.4, 0.5) is 0 Å². The highest BCUT2D eigenvalue weighted by Crippen LogP contribution is 2.16. The molecule has 0 N–H and O–H groups in total. The lowest BCUT2D eigenvalue weighted by atomic mass is 10.1. The van der Waals surface area contributed by atoms with E-state index in [0.717, 1.165) is 31.4 Å². The molecule has 2 heterocycles. The third-order valence-electron chi connectivity index (χ3n) is 3.82. The number of hydrogen-bond donors (Lipinski definition) is 0. The number of amides is 1. The second-order valence-corrected chi connectivity index (χ2v) is 5.20. The number of likely N-dealkylation sites (tertiary alicyclic amines) is 1. The van der Waals surface area contributed by atoms with Crippen LogP contribution in [0, 0.1) is 13.8 Å². The fourth-order valence-corrected chi connectivity index (χ4v) is 2.63. The Hall–Kier alpha value is -1.65. The van der Waals surface area contributed by atoms with E-state index >= 15 is 0 Å². The van der Waals surface area contributed by atoms with Gasteiger partial charge in [-0.15, -0.1) is 0 Å². The fraction of sp³-hybridized carbons (Fsp3) is 0.643. The quantitative estimate of drug-likeness (QED) is 0.602. The van der Waals surface area contributed by atoms with E-state index in [2.05, 4.69) is 5.10 Å². The standard InChI is InChI=1S/C14H21N3O2/c1-10-12(11(2)16(3)15-10)13(18)14(19)17-8-6-4-5-7-9-17/h4-9H2,1-3H3. The van der Waals surface area contributed by atoms with Gasteiger partial charge in [0.05, 0.1) is 11.3 Å². The Bertz CT molecular complexity index is 497. The predicted octanol–water partition coefficient (Wildman–Crippen LogP) is 1.62. The molecule has 19 heavy (non-hydrogen) atoms. The molecule has 2 rings (SSSR count). The zero-order chi connectivity index (χ0) is 14.0. The highest BCUT2D eigenvalue weighted by atomic mass is 16.2. The monoisotopic (exact) mass is 263 g/mol. The summed E-state index contributed by atoms with van der Waals surface area (Å²) >= 11 is 0. The van der Waals surface area contributed by atoms with Crippen molar-refractivity contribution in [2.24, 2.45) is 7.05 Å². The molecule has 1 saturated heterocycles. The maximum atomic E-state index is 12.4. The molecule has 0 aromatic carbocycles. The van der Waals surface area contributed by atoms with E-state index < -0.39 is 5.78 Å². The van der Waals surface area contributed by atoms with Crippen molar-refractivity contribution in [3.05, 3.63) is 17.0 Å². The second kappa shape index (κ2) is 5.55. The van der Waals surface area contributed by atoms with Crippen LogP contribution in [-0.4, -0.2) is 39.5 Å². The number of carbonyl (C=O) groups excluding carboxylic acids is 2.